The number of allylic oxidation sites excluding steroid dienone is 3. The number of hydrogen-bond acceptors (Lipinski definition) is 1. The van der Waals surface area contributed by atoms with Crippen LogP contribution in [0.2, 0.25) is 10.0 Å². The second kappa shape index (κ2) is 5.51. The summed E-state index contributed by atoms with van der Waals surface area (Å²) >= 11 is 12.2. The van der Waals surface area contributed by atoms with Crippen LogP contribution in [0.1, 0.15) is 17.5 Å². The van der Waals surface area contributed by atoms with E-state index < -0.39 is 0 Å². The molecule has 1 aliphatic carbocycles. The molecule has 0 radical (unpaired) electrons. The molecule has 0 spiro atoms. The zero-order valence-corrected chi connectivity index (χ0v) is 12.7. The highest BCUT2D eigenvalue weighted by Gasteiger charge is 2.28. The van der Waals surface area contributed by atoms with Crippen LogP contribution < -0.4 is 0 Å². The van der Waals surface area contributed by atoms with Crippen molar-refractivity contribution in [3.8, 4) is 0 Å². The molecule has 2 aromatic rings. The van der Waals surface area contributed by atoms with Gasteiger partial charge in [0.2, 0.25) is 0 Å². The molecule has 0 atom stereocenters. The molecule has 0 aliphatic heterocycles. The first-order valence-corrected chi connectivity index (χ1v) is 7.29. The highest BCUT2D eigenvalue weighted by molar-refractivity contribution is 6.39. The van der Waals surface area contributed by atoms with E-state index in [1.165, 1.54) is 0 Å². The maximum atomic E-state index is 12.4. The van der Waals surface area contributed by atoms with Gasteiger partial charge in [0.15, 0.2) is 5.78 Å². The lowest BCUT2D eigenvalue weighted by molar-refractivity contribution is -0.110. The van der Waals surface area contributed by atoms with E-state index in [-0.39, 0.29) is 5.78 Å². The Hall–Kier alpha value is -1.83. The summed E-state index contributed by atoms with van der Waals surface area (Å²) in [6.45, 7) is 3.87. The molecule has 3 rings (SSSR count). The van der Waals surface area contributed by atoms with Gasteiger partial charge >= 0.3 is 0 Å². The van der Waals surface area contributed by atoms with Gasteiger partial charge in [0, 0.05) is 22.0 Å². The van der Waals surface area contributed by atoms with Crippen molar-refractivity contribution < 1.29 is 4.79 Å². The Labute approximate surface area is 133 Å². The van der Waals surface area contributed by atoms with Gasteiger partial charge in [0.25, 0.3) is 0 Å². The Balaban J connectivity index is 2.23. The molecule has 2 aromatic carbocycles. The zero-order valence-electron chi connectivity index (χ0n) is 11.2. The first-order chi connectivity index (χ1) is 10.1. The maximum Gasteiger partial charge on any atom is 0.189 e. The molecule has 0 saturated heterocycles. The van der Waals surface area contributed by atoms with Gasteiger partial charge in [-0.05, 0) is 40.5 Å². The normalized spacial score (nSPS) is 15.0. The second-order valence-corrected chi connectivity index (χ2v) is 5.86. The molecule has 21 heavy (non-hydrogen) atoms. The van der Waals surface area contributed by atoms with Gasteiger partial charge in [-0.1, -0.05) is 60.1 Å². The van der Waals surface area contributed by atoms with Gasteiger partial charge in [0.05, 0.1) is 0 Å². The molecule has 0 N–H and O–H groups in total. The van der Waals surface area contributed by atoms with Crippen LogP contribution >= 0.6 is 23.2 Å². The Kier molecular flexibility index (Phi) is 3.71. The number of carbonyl (C=O) groups excluding carboxylic acids is 1. The van der Waals surface area contributed by atoms with Crippen molar-refractivity contribution in [1.29, 1.82) is 0 Å². The van der Waals surface area contributed by atoms with E-state index in [1.807, 2.05) is 42.5 Å². The molecule has 0 aromatic heterocycles. The molecule has 0 bridgehead atoms. The van der Waals surface area contributed by atoms with E-state index in [4.69, 9.17) is 23.2 Å². The van der Waals surface area contributed by atoms with Crippen molar-refractivity contribution in [3.63, 3.8) is 0 Å². The third kappa shape index (κ3) is 2.67. The summed E-state index contributed by atoms with van der Waals surface area (Å²) in [5, 5.41) is 1.12. The first-order valence-electron chi connectivity index (χ1n) is 6.54. The largest absolute Gasteiger partial charge is 0.289 e. The summed E-state index contributed by atoms with van der Waals surface area (Å²) in [5.74, 6) is -0.00713. The molecule has 3 heteroatoms. The minimum Gasteiger partial charge on any atom is -0.289 e. The fraction of sp³-hybridized carbons (Fsp3) is 0.0556. The van der Waals surface area contributed by atoms with Crippen molar-refractivity contribution in [2.24, 2.45) is 0 Å². The molecule has 0 fully saturated rings. The van der Waals surface area contributed by atoms with Gasteiger partial charge in [-0.15, -0.1) is 0 Å². The number of halogens is 2. The topological polar surface area (TPSA) is 17.1 Å². The molecule has 0 amide bonds. The molecule has 0 heterocycles. The minimum absolute atomic E-state index is 0.00713. The van der Waals surface area contributed by atoms with E-state index in [1.54, 1.807) is 6.07 Å². The molecule has 0 unspecified atom stereocenters. The smallest absolute Gasteiger partial charge is 0.189 e. The lowest BCUT2D eigenvalue weighted by atomic mass is 9.97. The number of carbonyl (C=O) groups is 1. The molecule has 1 nitrogen and oxygen atoms in total. The second-order valence-electron chi connectivity index (χ2n) is 4.99. The van der Waals surface area contributed by atoms with Gasteiger partial charge in [-0.2, -0.15) is 0 Å². The fourth-order valence-corrected chi connectivity index (χ4v) is 3.11. The van der Waals surface area contributed by atoms with E-state index in [9.17, 15) is 4.79 Å². The quantitative estimate of drug-likeness (QED) is 0.675. The SMILES string of the molecule is C=C1CC(c2cc(Cl)cc(Cl)c2)=C(c2ccccc2)C1=O. The zero-order chi connectivity index (χ0) is 15.0. The third-order valence-electron chi connectivity index (χ3n) is 3.51. The summed E-state index contributed by atoms with van der Waals surface area (Å²) in [6, 6.07) is 15.0. The summed E-state index contributed by atoms with van der Waals surface area (Å²) in [6.07, 6.45) is 0.528. The van der Waals surface area contributed by atoms with Gasteiger partial charge < -0.3 is 0 Å². The van der Waals surface area contributed by atoms with E-state index in [0.29, 0.717) is 27.6 Å². The summed E-state index contributed by atoms with van der Waals surface area (Å²) in [5.41, 5.74) is 3.99. The standard InChI is InChI=1S/C18H12Cl2O/c1-11-7-16(13-8-14(19)10-15(20)9-13)17(18(11)21)12-5-3-2-4-6-12/h2-6,8-10H,1,7H2. The maximum absolute atomic E-state index is 12.4. The Morgan fingerprint density at radius 3 is 2.14 bits per heavy atom. The third-order valence-corrected chi connectivity index (χ3v) is 3.95. The van der Waals surface area contributed by atoms with Crippen molar-refractivity contribution in [1.82, 2.24) is 0 Å². The predicted molar refractivity (Wildman–Crippen MR) is 88.5 cm³/mol. The number of Topliss-reactive ketones (excluding diaryl/α,β-unsaturated/α-hetero) is 1. The van der Waals surface area contributed by atoms with Crippen LogP contribution in [0.3, 0.4) is 0 Å². The van der Waals surface area contributed by atoms with Crippen LogP contribution in [0.4, 0.5) is 0 Å². The molecular weight excluding hydrogens is 303 g/mol. The average Bonchev–Trinajstić information content (AvgIpc) is 2.75. The van der Waals surface area contributed by atoms with E-state index >= 15 is 0 Å². The number of ketones is 1. The molecular formula is C18H12Cl2O. The highest BCUT2D eigenvalue weighted by Crippen LogP contribution is 2.40. The fourth-order valence-electron chi connectivity index (χ4n) is 2.58. The molecule has 104 valence electrons. The number of rotatable bonds is 2. The van der Waals surface area contributed by atoms with Crippen LogP contribution in [0.25, 0.3) is 11.1 Å². The van der Waals surface area contributed by atoms with Gasteiger partial charge in [0.1, 0.15) is 0 Å². The van der Waals surface area contributed by atoms with E-state index in [2.05, 4.69) is 6.58 Å². The van der Waals surface area contributed by atoms with Crippen LogP contribution in [0.5, 0.6) is 0 Å². The average molecular weight is 315 g/mol. The Bertz CT molecular complexity index is 753. The Morgan fingerprint density at radius 1 is 0.905 bits per heavy atom. The van der Waals surface area contributed by atoms with Gasteiger partial charge in [-0.3, -0.25) is 4.79 Å². The molecule has 1 aliphatic rings. The number of hydrogen-bond donors (Lipinski definition) is 0. The molecule has 0 saturated carbocycles. The minimum atomic E-state index is -0.00713. The van der Waals surface area contributed by atoms with Crippen LogP contribution in [0, 0.1) is 0 Å². The van der Waals surface area contributed by atoms with Gasteiger partial charge in [-0.25, -0.2) is 0 Å². The van der Waals surface area contributed by atoms with Crippen LogP contribution in [-0.4, -0.2) is 5.78 Å². The van der Waals surface area contributed by atoms with Crippen molar-refractivity contribution in [2.75, 3.05) is 0 Å². The van der Waals surface area contributed by atoms with Crippen molar-refractivity contribution >= 4 is 40.1 Å². The summed E-state index contributed by atoms with van der Waals surface area (Å²) < 4.78 is 0. The lowest BCUT2D eigenvalue weighted by Gasteiger charge is -2.08. The van der Waals surface area contributed by atoms with Crippen molar-refractivity contribution in [2.45, 2.75) is 6.42 Å². The predicted octanol–water partition coefficient (Wildman–Crippen LogP) is 5.43. The van der Waals surface area contributed by atoms with E-state index in [0.717, 1.165) is 16.7 Å². The number of benzene rings is 2. The van der Waals surface area contributed by atoms with Crippen LogP contribution in [-0.2, 0) is 4.79 Å². The van der Waals surface area contributed by atoms with Crippen LogP contribution in [0.15, 0.2) is 60.7 Å². The summed E-state index contributed by atoms with van der Waals surface area (Å²) in [7, 11) is 0. The lowest BCUT2D eigenvalue weighted by Crippen LogP contribution is -1.97. The van der Waals surface area contributed by atoms with Crippen molar-refractivity contribution in [3.05, 3.63) is 81.9 Å². The first kappa shape index (κ1) is 14.1. The summed E-state index contributed by atoms with van der Waals surface area (Å²) in [4.78, 5) is 12.4. The Morgan fingerprint density at radius 2 is 1.52 bits per heavy atom. The highest BCUT2D eigenvalue weighted by atomic mass is 35.5. The monoisotopic (exact) mass is 314 g/mol.